The summed E-state index contributed by atoms with van der Waals surface area (Å²) in [4.78, 5) is 7.16. The number of aromatic nitrogens is 1. The average molecular weight is 323 g/mol. The molecule has 3 heteroatoms. The Morgan fingerprint density at radius 3 is 2.67 bits per heavy atom. The van der Waals surface area contributed by atoms with Gasteiger partial charge in [-0.15, -0.1) is 0 Å². The fraction of sp³-hybridized carbons (Fsp3) is 0.476. The Labute approximate surface area is 146 Å². The topological polar surface area (TPSA) is 28.2 Å². The predicted octanol–water partition coefficient (Wildman–Crippen LogP) is 4.59. The molecule has 1 aliphatic rings. The maximum atomic E-state index is 4.64. The molecule has 1 aliphatic heterocycles. The summed E-state index contributed by atoms with van der Waals surface area (Å²) in [5, 5.41) is 3.71. The second kappa shape index (κ2) is 7.80. The van der Waals surface area contributed by atoms with Crippen molar-refractivity contribution in [3.05, 3.63) is 59.4 Å². The summed E-state index contributed by atoms with van der Waals surface area (Å²) < 4.78 is 0. The molecular formula is C21H29N3. The SMILES string of the molecule is Cc1cccc(CN2CCCC(Nc3ccc(C(C)C)cc3)C2)n1. The molecule has 3 nitrogen and oxygen atoms in total. The first kappa shape index (κ1) is 17.0. The molecule has 0 bridgehead atoms. The van der Waals surface area contributed by atoms with E-state index in [1.165, 1.54) is 36.3 Å². The number of hydrogen-bond acceptors (Lipinski definition) is 3. The van der Waals surface area contributed by atoms with E-state index in [0.29, 0.717) is 12.0 Å². The van der Waals surface area contributed by atoms with Crippen molar-refractivity contribution in [2.45, 2.75) is 52.1 Å². The standard InChI is InChI=1S/C21H29N3/c1-16(2)18-9-11-19(12-10-18)23-21-8-5-13-24(15-21)14-20-7-4-6-17(3)22-20/h4,6-7,9-12,16,21,23H,5,8,13-15H2,1-3H3. The van der Waals surface area contributed by atoms with E-state index in [1.807, 2.05) is 0 Å². The number of rotatable bonds is 5. The van der Waals surface area contributed by atoms with Crippen molar-refractivity contribution in [2.75, 3.05) is 18.4 Å². The van der Waals surface area contributed by atoms with Gasteiger partial charge in [-0.3, -0.25) is 9.88 Å². The third-order valence-corrected chi connectivity index (χ3v) is 4.79. The second-order valence-electron chi connectivity index (χ2n) is 7.27. The molecule has 1 aromatic heterocycles. The monoisotopic (exact) mass is 323 g/mol. The third-order valence-electron chi connectivity index (χ3n) is 4.79. The molecule has 1 unspecified atom stereocenters. The Hall–Kier alpha value is -1.87. The molecule has 1 aromatic carbocycles. The van der Waals surface area contributed by atoms with Crippen LogP contribution in [0.25, 0.3) is 0 Å². The molecule has 2 aromatic rings. The van der Waals surface area contributed by atoms with Crippen LogP contribution in [0.15, 0.2) is 42.5 Å². The Kier molecular flexibility index (Phi) is 5.52. The molecule has 2 heterocycles. The lowest BCUT2D eigenvalue weighted by atomic mass is 10.0. The lowest BCUT2D eigenvalue weighted by Crippen LogP contribution is -2.41. The van der Waals surface area contributed by atoms with Gasteiger partial charge in [0.15, 0.2) is 0 Å². The second-order valence-corrected chi connectivity index (χ2v) is 7.27. The molecule has 1 saturated heterocycles. The molecule has 3 rings (SSSR count). The van der Waals surface area contributed by atoms with Gasteiger partial charge >= 0.3 is 0 Å². The van der Waals surface area contributed by atoms with E-state index >= 15 is 0 Å². The molecule has 0 spiro atoms. The number of anilines is 1. The van der Waals surface area contributed by atoms with Crippen LogP contribution < -0.4 is 5.32 Å². The summed E-state index contributed by atoms with van der Waals surface area (Å²) in [7, 11) is 0. The third kappa shape index (κ3) is 4.57. The van der Waals surface area contributed by atoms with E-state index in [2.05, 4.69) is 78.4 Å². The maximum absolute atomic E-state index is 4.64. The van der Waals surface area contributed by atoms with Crippen molar-refractivity contribution in [1.82, 2.24) is 9.88 Å². The molecule has 1 atom stereocenters. The van der Waals surface area contributed by atoms with Crippen LogP contribution in [0.3, 0.4) is 0 Å². The molecule has 0 radical (unpaired) electrons. The summed E-state index contributed by atoms with van der Waals surface area (Å²) in [6, 6.07) is 15.7. The molecule has 0 saturated carbocycles. The molecule has 1 N–H and O–H groups in total. The highest BCUT2D eigenvalue weighted by molar-refractivity contribution is 5.46. The number of piperidine rings is 1. The number of benzene rings is 1. The van der Waals surface area contributed by atoms with Crippen LogP contribution in [0.5, 0.6) is 0 Å². The van der Waals surface area contributed by atoms with Gasteiger partial charge in [-0.25, -0.2) is 0 Å². The summed E-state index contributed by atoms with van der Waals surface area (Å²) in [6.07, 6.45) is 2.48. The Balaban J connectivity index is 1.57. The van der Waals surface area contributed by atoms with Crippen LogP contribution in [0.2, 0.25) is 0 Å². The van der Waals surface area contributed by atoms with Gasteiger partial charge in [-0.1, -0.05) is 32.0 Å². The summed E-state index contributed by atoms with van der Waals surface area (Å²) in [5.41, 5.74) is 4.91. The molecular weight excluding hydrogens is 294 g/mol. The van der Waals surface area contributed by atoms with Gasteiger partial charge in [0.1, 0.15) is 0 Å². The minimum Gasteiger partial charge on any atom is -0.381 e. The number of nitrogens with zero attached hydrogens (tertiary/aromatic N) is 2. The van der Waals surface area contributed by atoms with Gasteiger partial charge in [0, 0.05) is 30.5 Å². The molecule has 0 amide bonds. The first-order chi connectivity index (χ1) is 11.6. The van der Waals surface area contributed by atoms with Gasteiger partial charge in [0.25, 0.3) is 0 Å². The maximum Gasteiger partial charge on any atom is 0.0547 e. The van der Waals surface area contributed by atoms with Crippen molar-refractivity contribution >= 4 is 5.69 Å². The fourth-order valence-electron chi connectivity index (χ4n) is 3.43. The van der Waals surface area contributed by atoms with Crippen LogP contribution in [0.4, 0.5) is 5.69 Å². The van der Waals surface area contributed by atoms with Gasteiger partial charge in [-0.05, 0) is 62.1 Å². The Bertz CT molecular complexity index is 648. The van der Waals surface area contributed by atoms with E-state index in [9.17, 15) is 0 Å². The fourth-order valence-corrected chi connectivity index (χ4v) is 3.43. The average Bonchev–Trinajstić information content (AvgIpc) is 2.56. The summed E-state index contributed by atoms with van der Waals surface area (Å²) in [5.74, 6) is 0.589. The summed E-state index contributed by atoms with van der Waals surface area (Å²) in [6.45, 7) is 9.74. The van der Waals surface area contributed by atoms with E-state index in [-0.39, 0.29) is 0 Å². The van der Waals surface area contributed by atoms with Crippen molar-refractivity contribution in [3.8, 4) is 0 Å². The first-order valence-electron chi connectivity index (χ1n) is 9.11. The predicted molar refractivity (Wildman–Crippen MR) is 101 cm³/mol. The molecule has 0 aliphatic carbocycles. The zero-order valence-electron chi connectivity index (χ0n) is 15.1. The van der Waals surface area contributed by atoms with Gasteiger partial charge in [0.2, 0.25) is 0 Å². The Morgan fingerprint density at radius 1 is 1.17 bits per heavy atom. The molecule has 1 fully saturated rings. The highest BCUT2D eigenvalue weighted by atomic mass is 15.2. The quantitative estimate of drug-likeness (QED) is 0.872. The Morgan fingerprint density at radius 2 is 1.96 bits per heavy atom. The highest BCUT2D eigenvalue weighted by Crippen LogP contribution is 2.20. The van der Waals surface area contributed by atoms with Gasteiger partial charge in [0.05, 0.1) is 5.69 Å². The van der Waals surface area contributed by atoms with E-state index < -0.39 is 0 Å². The lowest BCUT2D eigenvalue weighted by Gasteiger charge is -2.33. The molecule has 24 heavy (non-hydrogen) atoms. The van der Waals surface area contributed by atoms with Crippen molar-refractivity contribution in [2.24, 2.45) is 0 Å². The minimum absolute atomic E-state index is 0.522. The first-order valence-corrected chi connectivity index (χ1v) is 9.11. The van der Waals surface area contributed by atoms with Crippen molar-refractivity contribution < 1.29 is 0 Å². The zero-order chi connectivity index (χ0) is 16.9. The summed E-state index contributed by atoms with van der Waals surface area (Å²) >= 11 is 0. The van der Waals surface area contributed by atoms with Crippen LogP contribution in [-0.4, -0.2) is 29.0 Å². The van der Waals surface area contributed by atoms with Crippen LogP contribution >= 0.6 is 0 Å². The van der Waals surface area contributed by atoms with Gasteiger partial charge < -0.3 is 5.32 Å². The van der Waals surface area contributed by atoms with E-state index in [0.717, 1.165) is 18.8 Å². The smallest absolute Gasteiger partial charge is 0.0547 e. The normalized spacial score (nSPS) is 18.8. The van der Waals surface area contributed by atoms with Crippen molar-refractivity contribution in [3.63, 3.8) is 0 Å². The van der Waals surface area contributed by atoms with E-state index in [4.69, 9.17) is 0 Å². The molecule has 128 valence electrons. The van der Waals surface area contributed by atoms with Crippen molar-refractivity contribution in [1.29, 1.82) is 0 Å². The number of hydrogen-bond donors (Lipinski definition) is 1. The number of aryl methyl sites for hydroxylation is 1. The van der Waals surface area contributed by atoms with Crippen LogP contribution in [-0.2, 0) is 6.54 Å². The van der Waals surface area contributed by atoms with E-state index in [1.54, 1.807) is 0 Å². The van der Waals surface area contributed by atoms with Crippen LogP contribution in [0.1, 0.15) is 49.6 Å². The zero-order valence-corrected chi connectivity index (χ0v) is 15.1. The highest BCUT2D eigenvalue weighted by Gasteiger charge is 2.20. The largest absolute Gasteiger partial charge is 0.381 e. The lowest BCUT2D eigenvalue weighted by molar-refractivity contribution is 0.206. The number of likely N-dealkylation sites (tertiary alicyclic amines) is 1. The van der Waals surface area contributed by atoms with Gasteiger partial charge in [-0.2, -0.15) is 0 Å². The minimum atomic E-state index is 0.522. The number of pyridine rings is 1. The van der Waals surface area contributed by atoms with Crippen LogP contribution in [0, 0.1) is 6.92 Å². The number of nitrogens with one attached hydrogen (secondary N) is 1.